The highest BCUT2D eigenvalue weighted by atomic mass is 15.5. The van der Waals surface area contributed by atoms with Crippen LogP contribution in [0.25, 0.3) is 5.82 Å². The molecular weight excluding hydrogens is 242 g/mol. The van der Waals surface area contributed by atoms with E-state index in [4.69, 9.17) is 0 Å². The van der Waals surface area contributed by atoms with Crippen LogP contribution in [0.2, 0.25) is 0 Å². The van der Waals surface area contributed by atoms with Gasteiger partial charge in [0.2, 0.25) is 0 Å². The van der Waals surface area contributed by atoms with E-state index in [9.17, 15) is 0 Å². The lowest BCUT2D eigenvalue weighted by Gasteiger charge is -2.29. The number of aryl methyl sites for hydroxylation is 1. The standard InChI is InChI=1S/C12H21N7/c1-9(2)18(10(3)4)7-11-8-19(16-14-11)12-6-13-15-17(12)5/h6,8-10H,7H2,1-5H3. The molecule has 7 nitrogen and oxygen atoms in total. The van der Waals surface area contributed by atoms with Gasteiger partial charge >= 0.3 is 0 Å². The van der Waals surface area contributed by atoms with E-state index in [1.54, 1.807) is 15.6 Å². The summed E-state index contributed by atoms with van der Waals surface area (Å²) in [7, 11) is 1.83. The average molecular weight is 263 g/mol. The highest BCUT2D eigenvalue weighted by molar-refractivity contribution is 5.15. The molecule has 0 amide bonds. The summed E-state index contributed by atoms with van der Waals surface area (Å²) in [5.41, 5.74) is 0.948. The molecule has 2 aromatic heterocycles. The molecule has 0 fully saturated rings. The molecule has 0 saturated carbocycles. The van der Waals surface area contributed by atoms with Crippen LogP contribution >= 0.6 is 0 Å². The molecule has 104 valence electrons. The van der Waals surface area contributed by atoms with Gasteiger partial charge in [0.25, 0.3) is 0 Å². The minimum absolute atomic E-state index is 0.475. The largest absolute Gasteiger partial charge is 0.293 e. The maximum atomic E-state index is 4.22. The second kappa shape index (κ2) is 5.48. The maximum Gasteiger partial charge on any atom is 0.173 e. The molecule has 0 spiro atoms. The Morgan fingerprint density at radius 3 is 2.37 bits per heavy atom. The van der Waals surface area contributed by atoms with Crippen LogP contribution in [0.4, 0.5) is 0 Å². The van der Waals surface area contributed by atoms with Crippen molar-refractivity contribution in [2.24, 2.45) is 7.05 Å². The molecular formula is C12H21N7. The van der Waals surface area contributed by atoms with Gasteiger partial charge in [0.05, 0.1) is 18.1 Å². The summed E-state index contributed by atoms with van der Waals surface area (Å²) >= 11 is 0. The predicted molar refractivity (Wildman–Crippen MR) is 71.7 cm³/mol. The first kappa shape index (κ1) is 13.7. The van der Waals surface area contributed by atoms with Crippen molar-refractivity contribution < 1.29 is 0 Å². The Kier molecular flexibility index (Phi) is 3.94. The summed E-state index contributed by atoms with van der Waals surface area (Å²) < 4.78 is 3.37. The van der Waals surface area contributed by atoms with Gasteiger partial charge in [-0.1, -0.05) is 10.4 Å². The molecule has 0 aliphatic heterocycles. The van der Waals surface area contributed by atoms with Crippen LogP contribution in [0, 0.1) is 0 Å². The zero-order chi connectivity index (χ0) is 14.0. The molecule has 0 saturated heterocycles. The van der Waals surface area contributed by atoms with Crippen molar-refractivity contribution in [3.8, 4) is 5.82 Å². The molecule has 0 unspecified atom stereocenters. The van der Waals surface area contributed by atoms with E-state index in [-0.39, 0.29) is 0 Å². The smallest absolute Gasteiger partial charge is 0.173 e. The lowest BCUT2D eigenvalue weighted by atomic mass is 10.2. The fourth-order valence-electron chi connectivity index (χ4n) is 2.12. The summed E-state index contributed by atoms with van der Waals surface area (Å²) in [5.74, 6) is 0.805. The molecule has 0 N–H and O–H groups in total. The van der Waals surface area contributed by atoms with Gasteiger partial charge in [-0.25, -0.2) is 9.36 Å². The van der Waals surface area contributed by atoms with Crippen molar-refractivity contribution in [2.75, 3.05) is 0 Å². The number of aromatic nitrogens is 6. The van der Waals surface area contributed by atoms with Gasteiger partial charge in [-0.3, -0.25) is 4.90 Å². The SMILES string of the molecule is CC(C)N(Cc1cn(-c2cnnn2C)nn1)C(C)C. The Bertz CT molecular complexity index is 518. The molecule has 2 heterocycles. The van der Waals surface area contributed by atoms with Crippen LogP contribution in [0.3, 0.4) is 0 Å². The second-order valence-electron chi connectivity index (χ2n) is 5.23. The Morgan fingerprint density at radius 2 is 1.84 bits per heavy atom. The minimum Gasteiger partial charge on any atom is -0.293 e. The molecule has 7 heteroatoms. The lowest BCUT2D eigenvalue weighted by Crippen LogP contribution is -2.36. The van der Waals surface area contributed by atoms with Crippen LogP contribution in [0.1, 0.15) is 33.4 Å². The maximum absolute atomic E-state index is 4.22. The van der Waals surface area contributed by atoms with E-state index in [2.05, 4.69) is 53.2 Å². The van der Waals surface area contributed by atoms with Crippen LogP contribution < -0.4 is 0 Å². The van der Waals surface area contributed by atoms with Gasteiger partial charge in [0, 0.05) is 25.7 Å². The van der Waals surface area contributed by atoms with Crippen LogP contribution in [-0.2, 0) is 13.6 Å². The molecule has 0 aromatic carbocycles. The topological polar surface area (TPSA) is 64.7 Å². The summed E-state index contributed by atoms with van der Waals surface area (Å²) in [5, 5.41) is 16.1. The van der Waals surface area contributed by atoms with Crippen LogP contribution in [0.5, 0.6) is 0 Å². The Labute approximate surface area is 113 Å². The third kappa shape index (κ3) is 2.98. The van der Waals surface area contributed by atoms with E-state index < -0.39 is 0 Å². The van der Waals surface area contributed by atoms with Gasteiger partial charge in [0.15, 0.2) is 5.82 Å². The van der Waals surface area contributed by atoms with Crippen molar-refractivity contribution in [1.82, 2.24) is 34.9 Å². The van der Waals surface area contributed by atoms with Crippen LogP contribution in [-0.4, -0.2) is 47.0 Å². The molecule has 2 rings (SSSR count). The first-order valence-corrected chi connectivity index (χ1v) is 6.51. The van der Waals surface area contributed by atoms with E-state index in [0.29, 0.717) is 12.1 Å². The first-order valence-electron chi connectivity index (χ1n) is 6.51. The van der Waals surface area contributed by atoms with Gasteiger partial charge in [-0.15, -0.1) is 10.2 Å². The van der Waals surface area contributed by atoms with Gasteiger partial charge in [-0.2, -0.15) is 0 Å². The third-order valence-electron chi connectivity index (χ3n) is 3.14. The first-order chi connectivity index (χ1) is 8.99. The van der Waals surface area contributed by atoms with Gasteiger partial charge in [0.1, 0.15) is 0 Å². The Morgan fingerprint density at radius 1 is 1.16 bits per heavy atom. The Balaban J connectivity index is 2.15. The van der Waals surface area contributed by atoms with Crippen LogP contribution in [0.15, 0.2) is 12.4 Å². The molecule has 0 radical (unpaired) electrons. The highest BCUT2D eigenvalue weighted by Crippen LogP contribution is 2.11. The summed E-state index contributed by atoms with van der Waals surface area (Å²) in [6, 6.07) is 0.951. The minimum atomic E-state index is 0.475. The number of hydrogen-bond donors (Lipinski definition) is 0. The lowest BCUT2D eigenvalue weighted by molar-refractivity contribution is 0.164. The van der Waals surface area contributed by atoms with Gasteiger partial charge in [-0.05, 0) is 27.7 Å². The molecule has 19 heavy (non-hydrogen) atoms. The summed E-state index contributed by atoms with van der Waals surface area (Å²) in [4.78, 5) is 2.37. The number of rotatable bonds is 5. The monoisotopic (exact) mass is 263 g/mol. The fraction of sp³-hybridized carbons (Fsp3) is 0.667. The van der Waals surface area contributed by atoms with E-state index in [1.807, 2.05) is 13.2 Å². The predicted octanol–water partition coefficient (Wildman–Crippen LogP) is 1.01. The van der Waals surface area contributed by atoms with Crippen molar-refractivity contribution in [1.29, 1.82) is 0 Å². The van der Waals surface area contributed by atoms with E-state index in [1.165, 1.54) is 0 Å². The van der Waals surface area contributed by atoms with Crippen molar-refractivity contribution in [2.45, 2.75) is 46.3 Å². The normalized spacial score (nSPS) is 12.0. The molecule has 0 aliphatic rings. The van der Waals surface area contributed by atoms with E-state index in [0.717, 1.165) is 18.1 Å². The average Bonchev–Trinajstić information content (AvgIpc) is 2.93. The van der Waals surface area contributed by atoms with Gasteiger partial charge < -0.3 is 0 Å². The zero-order valence-corrected chi connectivity index (χ0v) is 12.1. The molecule has 0 atom stereocenters. The zero-order valence-electron chi connectivity index (χ0n) is 12.1. The Hall–Kier alpha value is -1.76. The second-order valence-corrected chi connectivity index (χ2v) is 5.23. The fourth-order valence-corrected chi connectivity index (χ4v) is 2.12. The van der Waals surface area contributed by atoms with Crippen molar-refractivity contribution in [3.63, 3.8) is 0 Å². The quantitative estimate of drug-likeness (QED) is 0.805. The summed E-state index contributed by atoms with van der Waals surface area (Å²) in [6.45, 7) is 9.55. The number of nitrogens with zero attached hydrogens (tertiary/aromatic N) is 7. The summed E-state index contributed by atoms with van der Waals surface area (Å²) in [6.07, 6.45) is 3.59. The van der Waals surface area contributed by atoms with E-state index >= 15 is 0 Å². The molecule has 0 bridgehead atoms. The number of hydrogen-bond acceptors (Lipinski definition) is 5. The van der Waals surface area contributed by atoms with Crippen molar-refractivity contribution >= 4 is 0 Å². The molecule has 0 aliphatic carbocycles. The van der Waals surface area contributed by atoms with Crippen molar-refractivity contribution in [3.05, 3.63) is 18.1 Å². The highest BCUT2D eigenvalue weighted by Gasteiger charge is 2.16. The third-order valence-corrected chi connectivity index (χ3v) is 3.14. The molecule has 2 aromatic rings.